The van der Waals surface area contributed by atoms with Crippen molar-refractivity contribution in [2.75, 3.05) is 7.11 Å². The molecule has 0 bridgehead atoms. The number of ether oxygens (including phenoxy) is 1. The van der Waals surface area contributed by atoms with Crippen molar-refractivity contribution in [1.82, 2.24) is 19.7 Å². The van der Waals surface area contributed by atoms with Crippen molar-refractivity contribution in [3.63, 3.8) is 0 Å². The first kappa shape index (κ1) is 20.8. The van der Waals surface area contributed by atoms with Gasteiger partial charge >= 0.3 is 0 Å². The van der Waals surface area contributed by atoms with Gasteiger partial charge in [-0.3, -0.25) is 9.20 Å². The zero-order valence-electron chi connectivity index (χ0n) is 16.3. The predicted octanol–water partition coefficient (Wildman–Crippen LogP) is 3.15. The van der Waals surface area contributed by atoms with Crippen LogP contribution in [0.3, 0.4) is 0 Å². The molecule has 0 saturated carbocycles. The van der Waals surface area contributed by atoms with Gasteiger partial charge in [0.05, 0.1) is 27.5 Å². The molecule has 4 aromatic rings. The molecule has 0 aliphatic heterocycles. The molecule has 0 spiro atoms. The Morgan fingerprint density at radius 3 is 2.58 bits per heavy atom. The van der Waals surface area contributed by atoms with Crippen molar-refractivity contribution in [2.24, 2.45) is 0 Å². The Morgan fingerprint density at radius 2 is 1.87 bits per heavy atom. The molecular weight excluding hydrogens is 440 g/mol. The third-order valence-corrected chi connectivity index (χ3v) is 6.69. The van der Waals surface area contributed by atoms with Crippen LogP contribution in [0.1, 0.15) is 15.9 Å². The van der Waals surface area contributed by atoms with Crippen LogP contribution in [0.25, 0.3) is 5.78 Å². The van der Waals surface area contributed by atoms with Gasteiger partial charge in [0.2, 0.25) is 15.6 Å². The fourth-order valence-electron chi connectivity index (χ4n) is 2.95. The van der Waals surface area contributed by atoms with E-state index in [0.717, 1.165) is 5.56 Å². The summed E-state index contributed by atoms with van der Waals surface area (Å²) in [6, 6.07) is 10.6. The molecule has 0 fully saturated rings. The highest BCUT2D eigenvalue weighted by Gasteiger charge is 2.19. The second-order valence-corrected chi connectivity index (χ2v) is 8.96. The molecule has 0 atom stereocenters. The van der Waals surface area contributed by atoms with Gasteiger partial charge in [-0.25, -0.2) is 18.4 Å². The topological polar surface area (TPSA) is 103 Å². The quantitative estimate of drug-likeness (QED) is 0.478. The van der Waals surface area contributed by atoms with Crippen molar-refractivity contribution in [3.05, 3.63) is 83.4 Å². The molecule has 1 amide bonds. The van der Waals surface area contributed by atoms with E-state index in [0.29, 0.717) is 17.1 Å². The average Bonchev–Trinajstić information content (AvgIpc) is 3.25. The van der Waals surface area contributed by atoms with E-state index in [4.69, 9.17) is 16.3 Å². The first-order valence-corrected chi connectivity index (χ1v) is 11.0. The smallest absolute Gasteiger partial charge is 0.254 e. The molecule has 0 saturated heterocycles. The van der Waals surface area contributed by atoms with Gasteiger partial charge in [-0.2, -0.15) is 0 Å². The number of methoxy groups -OCH3 is 1. The van der Waals surface area contributed by atoms with Crippen molar-refractivity contribution >= 4 is 33.1 Å². The molecule has 4 rings (SSSR count). The van der Waals surface area contributed by atoms with Crippen molar-refractivity contribution < 1.29 is 17.9 Å². The highest BCUT2D eigenvalue weighted by atomic mass is 35.5. The van der Waals surface area contributed by atoms with E-state index in [1.165, 1.54) is 43.6 Å². The number of benzene rings is 2. The number of aromatic nitrogens is 3. The predicted molar refractivity (Wildman–Crippen MR) is 114 cm³/mol. The number of carbonyl (C=O) groups is 1. The molecule has 0 aliphatic rings. The lowest BCUT2D eigenvalue weighted by atomic mass is 10.2. The van der Waals surface area contributed by atoms with Crippen LogP contribution >= 0.6 is 11.6 Å². The molecule has 8 nitrogen and oxygen atoms in total. The molecule has 2 aromatic heterocycles. The fraction of sp³-hybridized carbons (Fsp3) is 0.0952. The number of carbonyl (C=O) groups excluding carboxylic acids is 1. The van der Waals surface area contributed by atoms with Crippen LogP contribution in [0.4, 0.5) is 0 Å². The minimum absolute atomic E-state index is 0.0711. The number of imidazole rings is 1. The maximum Gasteiger partial charge on any atom is 0.254 e. The summed E-state index contributed by atoms with van der Waals surface area (Å²) in [5.41, 5.74) is 1.14. The average molecular weight is 457 g/mol. The van der Waals surface area contributed by atoms with E-state index in [2.05, 4.69) is 15.3 Å². The lowest BCUT2D eigenvalue weighted by Crippen LogP contribution is -2.23. The minimum atomic E-state index is -3.74. The minimum Gasteiger partial charge on any atom is -0.495 e. The van der Waals surface area contributed by atoms with Gasteiger partial charge in [-0.1, -0.05) is 23.7 Å². The van der Waals surface area contributed by atoms with Gasteiger partial charge in [0.25, 0.3) is 5.91 Å². The molecule has 2 aromatic carbocycles. The lowest BCUT2D eigenvalue weighted by Gasteiger charge is -2.09. The molecule has 0 aliphatic carbocycles. The summed E-state index contributed by atoms with van der Waals surface area (Å²) in [6.07, 6.45) is 6.39. The van der Waals surface area contributed by atoms with Gasteiger partial charge < -0.3 is 10.1 Å². The zero-order chi connectivity index (χ0) is 22.0. The standard InChI is InChI=1S/C21H17ClN4O4S/c1-30-19-7-6-17(10-18(19)22)31(28,29)16-4-2-14(3-5-16)11-24-20(27)15-12-25-21-23-8-9-26(21)13-15/h2-10,12-13H,11H2,1H3,(H,24,27). The number of rotatable bonds is 6. The molecular formula is C21H17ClN4O4S. The van der Waals surface area contributed by atoms with Gasteiger partial charge in [-0.15, -0.1) is 0 Å². The third kappa shape index (κ3) is 4.23. The van der Waals surface area contributed by atoms with Crippen molar-refractivity contribution in [3.8, 4) is 5.75 Å². The first-order valence-electron chi connectivity index (χ1n) is 9.13. The summed E-state index contributed by atoms with van der Waals surface area (Å²) in [4.78, 5) is 20.7. The molecule has 2 heterocycles. The van der Waals surface area contributed by atoms with Crippen LogP contribution in [0.5, 0.6) is 5.75 Å². The molecule has 0 radical (unpaired) electrons. The SMILES string of the molecule is COc1ccc(S(=O)(=O)c2ccc(CNC(=O)c3cnc4nccn4c3)cc2)cc1Cl. The molecule has 31 heavy (non-hydrogen) atoms. The summed E-state index contributed by atoms with van der Waals surface area (Å²) in [6.45, 7) is 0.232. The monoisotopic (exact) mass is 456 g/mol. The van der Waals surface area contributed by atoms with E-state index in [-0.39, 0.29) is 27.3 Å². The van der Waals surface area contributed by atoms with Gasteiger partial charge in [-0.05, 0) is 35.9 Å². The zero-order valence-corrected chi connectivity index (χ0v) is 17.9. The van der Waals surface area contributed by atoms with E-state index >= 15 is 0 Å². The normalized spacial score (nSPS) is 11.4. The Bertz CT molecular complexity index is 1370. The van der Waals surface area contributed by atoms with Crippen LogP contribution < -0.4 is 10.1 Å². The van der Waals surface area contributed by atoms with Crippen LogP contribution in [-0.2, 0) is 16.4 Å². The second kappa shape index (κ2) is 8.37. The largest absolute Gasteiger partial charge is 0.495 e. The summed E-state index contributed by atoms with van der Waals surface area (Å²) in [7, 11) is -2.28. The maximum absolute atomic E-state index is 12.8. The number of nitrogens with zero attached hydrogens (tertiary/aromatic N) is 3. The third-order valence-electron chi connectivity index (χ3n) is 4.63. The van der Waals surface area contributed by atoms with Crippen molar-refractivity contribution in [2.45, 2.75) is 16.3 Å². The molecule has 158 valence electrons. The van der Waals surface area contributed by atoms with Crippen LogP contribution in [0.15, 0.2) is 77.0 Å². The Hall–Kier alpha value is -3.43. The van der Waals surface area contributed by atoms with Crippen LogP contribution in [0.2, 0.25) is 5.02 Å². The second-order valence-electron chi connectivity index (χ2n) is 6.60. The lowest BCUT2D eigenvalue weighted by molar-refractivity contribution is 0.0950. The maximum atomic E-state index is 12.8. The van der Waals surface area contributed by atoms with E-state index in [1.807, 2.05) is 0 Å². The fourth-order valence-corrected chi connectivity index (χ4v) is 4.56. The highest BCUT2D eigenvalue weighted by molar-refractivity contribution is 7.91. The van der Waals surface area contributed by atoms with Crippen molar-refractivity contribution in [1.29, 1.82) is 0 Å². The molecule has 1 N–H and O–H groups in total. The summed E-state index contributed by atoms with van der Waals surface area (Å²) >= 11 is 6.06. The number of fused-ring (bicyclic) bond motifs is 1. The highest BCUT2D eigenvalue weighted by Crippen LogP contribution is 2.30. The Labute approximate surface area is 183 Å². The summed E-state index contributed by atoms with van der Waals surface area (Å²) in [5.74, 6) is 0.605. The number of hydrogen-bond acceptors (Lipinski definition) is 6. The van der Waals surface area contributed by atoms with E-state index in [9.17, 15) is 13.2 Å². The first-order chi connectivity index (χ1) is 14.9. The summed E-state index contributed by atoms with van der Waals surface area (Å²) < 4.78 is 32.4. The Kier molecular flexibility index (Phi) is 5.62. The van der Waals surface area contributed by atoms with Gasteiger partial charge in [0, 0.05) is 31.3 Å². The van der Waals surface area contributed by atoms with Gasteiger partial charge in [0.1, 0.15) is 5.75 Å². The number of sulfone groups is 1. The number of halogens is 1. The molecule has 10 heteroatoms. The van der Waals surface area contributed by atoms with Crippen LogP contribution in [-0.4, -0.2) is 35.8 Å². The van der Waals surface area contributed by atoms with Crippen LogP contribution in [0, 0.1) is 0 Å². The van der Waals surface area contributed by atoms with Gasteiger partial charge in [0.15, 0.2) is 0 Å². The summed E-state index contributed by atoms with van der Waals surface area (Å²) in [5, 5.41) is 3.00. The van der Waals surface area contributed by atoms with E-state index in [1.54, 1.807) is 35.1 Å². The number of hydrogen-bond donors (Lipinski definition) is 1. The molecule has 0 unspecified atom stereocenters. The number of nitrogens with one attached hydrogen (secondary N) is 1. The Balaban J connectivity index is 1.46. The number of amides is 1. The Morgan fingerprint density at radius 1 is 1.13 bits per heavy atom. The van der Waals surface area contributed by atoms with E-state index < -0.39 is 9.84 Å².